The SMILES string of the molecule is c1ccc(-n2c3cc4c(cc3c3c5ccccc5ccc32)c2ccccc2n4-c2cccc(-c3c4ccccc4cc4oc5ccccc5c34)c2)cc1. The lowest BCUT2D eigenvalue weighted by Gasteiger charge is -2.13. The van der Waals surface area contributed by atoms with Crippen LogP contribution in [-0.4, -0.2) is 9.13 Å². The summed E-state index contributed by atoms with van der Waals surface area (Å²) in [7, 11) is 0. The molecule has 0 amide bonds. The van der Waals surface area contributed by atoms with Crippen LogP contribution in [-0.2, 0) is 0 Å². The second kappa shape index (κ2) is 10.7. The summed E-state index contributed by atoms with van der Waals surface area (Å²) in [6.45, 7) is 0. The van der Waals surface area contributed by atoms with Crippen molar-refractivity contribution in [3.63, 3.8) is 0 Å². The smallest absolute Gasteiger partial charge is 0.136 e. The van der Waals surface area contributed by atoms with E-state index in [1.165, 1.54) is 70.7 Å². The Kier molecular flexibility index (Phi) is 5.77. The molecule has 3 heteroatoms. The number of hydrogen-bond acceptors (Lipinski definition) is 1. The Morgan fingerprint density at radius 3 is 1.89 bits per heavy atom. The Hall–Kier alpha value is -7.10. The van der Waals surface area contributed by atoms with Crippen molar-refractivity contribution in [2.24, 2.45) is 0 Å². The summed E-state index contributed by atoms with van der Waals surface area (Å²) in [4.78, 5) is 0. The fraction of sp³-hybridized carbons (Fsp3) is 0. The van der Waals surface area contributed by atoms with Gasteiger partial charge in [0.1, 0.15) is 11.2 Å². The van der Waals surface area contributed by atoms with Crippen molar-refractivity contribution in [3.05, 3.63) is 182 Å². The summed E-state index contributed by atoms with van der Waals surface area (Å²) in [5.74, 6) is 0. The predicted molar refractivity (Wildman–Crippen MR) is 223 cm³/mol. The third-order valence-electron chi connectivity index (χ3n) is 11.2. The summed E-state index contributed by atoms with van der Waals surface area (Å²) in [6.07, 6.45) is 0. The van der Waals surface area contributed by atoms with Crippen LogP contribution in [0.15, 0.2) is 186 Å². The second-order valence-corrected chi connectivity index (χ2v) is 14.1. The number of nitrogens with zero attached hydrogens (tertiary/aromatic N) is 2. The lowest BCUT2D eigenvalue weighted by Crippen LogP contribution is -1.96. The summed E-state index contributed by atoms with van der Waals surface area (Å²) in [5, 5.41) is 12.2. The van der Waals surface area contributed by atoms with Crippen molar-refractivity contribution in [2.75, 3.05) is 0 Å². The van der Waals surface area contributed by atoms with Gasteiger partial charge >= 0.3 is 0 Å². The van der Waals surface area contributed by atoms with E-state index in [1.54, 1.807) is 0 Å². The number of fused-ring (bicyclic) bond motifs is 12. The second-order valence-electron chi connectivity index (χ2n) is 14.1. The van der Waals surface area contributed by atoms with E-state index in [4.69, 9.17) is 4.42 Å². The molecule has 3 heterocycles. The zero-order valence-corrected chi connectivity index (χ0v) is 28.6. The highest BCUT2D eigenvalue weighted by molar-refractivity contribution is 6.25. The average molecular weight is 675 g/mol. The number of rotatable bonds is 3. The molecule has 0 N–H and O–H groups in total. The van der Waals surface area contributed by atoms with Gasteiger partial charge in [0.05, 0.1) is 22.1 Å². The maximum atomic E-state index is 6.47. The van der Waals surface area contributed by atoms with Crippen molar-refractivity contribution in [2.45, 2.75) is 0 Å². The molecule has 12 aromatic rings. The fourth-order valence-corrected chi connectivity index (χ4v) is 9.03. The summed E-state index contributed by atoms with van der Waals surface area (Å²) in [6, 6.07) is 66.0. The van der Waals surface area contributed by atoms with Crippen LogP contribution in [0.4, 0.5) is 0 Å². The molecule has 0 saturated heterocycles. The largest absolute Gasteiger partial charge is 0.456 e. The first kappa shape index (κ1) is 28.6. The number of benzene rings is 9. The molecule has 0 spiro atoms. The predicted octanol–water partition coefficient (Wildman–Crippen LogP) is 13.8. The first-order valence-corrected chi connectivity index (χ1v) is 18.2. The van der Waals surface area contributed by atoms with E-state index in [-0.39, 0.29) is 0 Å². The Bertz CT molecular complexity index is 3450. The molecular weight excluding hydrogens is 645 g/mol. The van der Waals surface area contributed by atoms with E-state index < -0.39 is 0 Å². The standard InChI is InChI=1S/C50H30N2O/c1-2-16-34(17-3-1)51-43-26-25-31-13-4-6-19-36(31)49(43)41-29-40-38-21-8-10-23-42(38)52(44(40)30-45(41)51)35-18-12-15-33(27-35)48-37-20-7-5-14-32(37)28-47-50(48)39-22-9-11-24-46(39)53-47/h1-30H. The van der Waals surface area contributed by atoms with Gasteiger partial charge in [-0.2, -0.15) is 0 Å². The Labute approximate surface area is 304 Å². The highest BCUT2D eigenvalue weighted by Crippen LogP contribution is 2.44. The summed E-state index contributed by atoms with van der Waals surface area (Å²) in [5.41, 5.74) is 11.2. The van der Waals surface area contributed by atoms with Crippen LogP contribution in [0, 0.1) is 0 Å². The summed E-state index contributed by atoms with van der Waals surface area (Å²) < 4.78 is 11.4. The molecule has 0 bridgehead atoms. The van der Waals surface area contributed by atoms with Gasteiger partial charge in [-0.3, -0.25) is 0 Å². The van der Waals surface area contributed by atoms with Gasteiger partial charge in [0.15, 0.2) is 0 Å². The van der Waals surface area contributed by atoms with Crippen LogP contribution >= 0.6 is 0 Å². The van der Waals surface area contributed by atoms with Crippen LogP contribution in [0.25, 0.3) is 110 Å². The molecule has 53 heavy (non-hydrogen) atoms. The maximum absolute atomic E-state index is 6.47. The van der Waals surface area contributed by atoms with E-state index in [2.05, 4.69) is 185 Å². The normalized spacial score (nSPS) is 12.2. The molecule has 246 valence electrons. The van der Waals surface area contributed by atoms with Gasteiger partial charge in [0.25, 0.3) is 0 Å². The third-order valence-corrected chi connectivity index (χ3v) is 11.2. The first-order valence-electron chi connectivity index (χ1n) is 18.2. The number of aromatic nitrogens is 2. The Morgan fingerprint density at radius 1 is 0.321 bits per heavy atom. The summed E-state index contributed by atoms with van der Waals surface area (Å²) >= 11 is 0. The monoisotopic (exact) mass is 674 g/mol. The molecule has 0 fully saturated rings. The minimum Gasteiger partial charge on any atom is -0.456 e. The highest BCUT2D eigenvalue weighted by atomic mass is 16.3. The van der Waals surface area contributed by atoms with E-state index in [0.717, 1.165) is 38.9 Å². The molecule has 0 unspecified atom stereocenters. The quantitative estimate of drug-likeness (QED) is 0.183. The van der Waals surface area contributed by atoms with Crippen LogP contribution in [0.1, 0.15) is 0 Å². The van der Waals surface area contributed by atoms with Crippen molar-refractivity contribution < 1.29 is 4.42 Å². The molecule has 0 radical (unpaired) electrons. The van der Waals surface area contributed by atoms with Gasteiger partial charge < -0.3 is 13.6 Å². The molecule has 0 saturated carbocycles. The highest BCUT2D eigenvalue weighted by Gasteiger charge is 2.21. The van der Waals surface area contributed by atoms with Gasteiger partial charge in [0.2, 0.25) is 0 Å². The lowest BCUT2D eigenvalue weighted by molar-refractivity contribution is 0.669. The van der Waals surface area contributed by atoms with Crippen molar-refractivity contribution in [1.29, 1.82) is 0 Å². The van der Waals surface area contributed by atoms with Gasteiger partial charge in [-0.05, 0) is 87.8 Å². The van der Waals surface area contributed by atoms with Crippen molar-refractivity contribution >= 4 is 87.1 Å². The fourth-order valence-electron chi connectivity index (χ4n) is 9.03. The Balaban J connectivity index is 1.19. The molecule has 9 aromatic carbocycles. The van der Waals surface area contributed by atoms with Crippen molar-refractivity contribution in [1.82, 2.24) is 9.13 Å². The zero-order chi connectivity index (χ0) is 34.6. The lowest BCUT2D eigenvalue weighted by atomic mass is 9.93. The minimum absolute atomic E-state index is 0.906. The van der Waals surface area contributed by atoms with Gasteiger partial charge in [-0.1, -0.05) is 121 Å². The van der Waals surface area contributed by atoms with Gasteiger partial charge in [0, 0.05) is 49.3 Å². The van der Waals surface area contributed by atoms with Gasteiger partial charge in [-0.25, -0.2) is 0 Å². The number of hydrogen-bond donors (Lipinski definition) is 0. The average Bonchev–Trinajstić information content (AvgIpc) is 3.86. The number of furan rings is 1. The van der Waals surface area contributed by atoms with Crippen LogP contribution in [0.2, 0.25) is 0 Å². The van der Waals surface area contributed by atoms with Crippen LogP contribution < -0.4 is 0 Å². The minimum atomic E-state index is 0.906. The van der Waals surface area contributed by atoms with E-state index in [1.807, 2.05) is 6.07 Å². The third kappa shape index (κ3) is 3.99. The van der Waals surface area contributed by atoms with E-state index in [9.17, 15) is 0 Å². The molecule has 3 aromatic heterocycles. The Morgan fingerprint density at radius 2 is 1.00 bits per heavy atom. The van der Waals surface area contributed by atoms with Gasteiger partial charge in [-0.15, -0.1) is 0 Å². The molecule has 0 aliphatic rings. The molecule has 12 rings (SSSR count). The van der Waals surface area contributed by atoms with E-state index in [0.29, 0.717) is 0 Å². The first-order chi connectivity index (χ1) is 26.3. The van der Waals surface area contributed by atoms with Crippen LogP contribution in [0.3, 0.4) is 0 Å². The van der Waals surface area contributed by atoms with Crippen molar-refractivity contribution in [3.8, 4) is 22.5 Å². The van der Waals surface area contributed by atoms with E-state index >= 15 is 0 Å². The molecule has 3 nitrogen and oxygen atoms in total. The molecule has 0 atom stereocenters. The zero-order valence-electron chi connectivity index (χ0n) is 28.6. The number of para-hydroxylation sites is 3. The topological polar surface area (TPSA) is 23.0 Å². The molecular formula is C50H30N2O. The molecule has 0 aliphatic carbocycles. The van der Waals surface area contributed by atoms with Crippen LogP contribution in [0.5, 0.6) is 0 Å². The molecule has 0 aliphatic heterocycles. The maximum Gasteiger partial charge on any atom is 0.136 e.